The average Bonchev–Trinajstić information content (AvgIpc) is 2.79. The number of rotatable bonds is 5. The Labute approximate surface area is 229 Å². The lowest BCUT2D eigenvalue weighted by molar-refractivity contribution is -0.122. The highest BCUT2D eigenvalue weighted by Gasteiger charge is 2.37. The van der Waals surface area contributed by atoms with Crippen LogP contribution in [0.3, 0.4) is 0 Å². The molecule has 0 unspecified atom stereocenters. The van der Waals surface area contributed by atoms with Crippen LogP contribution in [0.2, 0.25) is 5.02 Å². The Morgan fingerprint density at radius 2 is 1.80 bits per heavy atom. The van der Waals surface area contributed by atoms with Gasteiger partial charge in [-0.15, -0.1) is 0 Å². The highest BCUT2D eigenvalue weighted by molar-refractivity contribution is 14.1. The molecule has 9 heteroatoms. The second kappa shape index (κ2) is 10.5. The second-order valence-electron chi connectivity index (χ2n) is 7.92. The van der Waals surface area contributed by atoms with Crippen LogP contribution in [0.5, 0.6) is 5.75 Å². The van der Waals surface area contributed by atoms with Crippen molar-refractivity contribution < 1.29 is 19.1 Å². The lowest BCUT2D eigenvalue weighted by atomic mass is 10.1. The number of hydrogen-bond acceptors (Lipinski definition) is 4. The Morgan fingerprint density at radius 3 is 2.49 bits per heavy atom. The van der Waals surface area contributed by atoms with Gasteiger partial charge in [-0.1, -0.05) is 35.9 Å². The molecule has 3 aromatic carbocycles. The summed E-state index contributed by atoms with van der Waals surface area (Å²) < 4.78 is 7.39. The summed E-state index contributed by atoms with van der Waals surface area (Å²) in [6.45, 7) is 4.11. The van der Waals surface area contributed by atoms with Crippen LogP contribution >= 0.6 is 50.1 Å². The van der Waals surface area contributed by atoms with Crippen molar-refractivity contribution in [3.8, 4) is 5.75 Å². The van der Waals surface area contributed by atoms with Gasteiger partial charge in [-0.25, -0.2) is 9.69 Å². The molecular formula is C26H19BrClIN2O4. The average molecular weight is 666 g/mol. The standard InChI is InChI=1S/C26H19BrClIN2O4/c1-14-7-8-18(9-15(14)2)31-25(33)19(24(32)30-26(31)34)10-16-11-20(27)23(22(29)12-16)35-13-17-5-3-4-6-21(17)28/h3-12H,13H2,1-2H3,(H,30,32,34)/b19-10+. The Balaban J connectivity index is 1.62. The van der Waals surface area contributed by atoms with Crippen LogP contribution in [0.4, 0.5) is 10.5 Å². The van der Waals surface area contributed by atoms with E-state index in [-0.39, 0.29) is 12.2 Å². The van der Waals surface area contributed by atoms with Crippen molar-refractivity contribution in [3.63, 3.8) is 0 Å². The van der Waals surface area contributed by atoms with Crippen LogP contribution in [-0.4, -0.2) is 17.8 Å². The van der Waals surface area contributed by atoms with Crippen LogP contribution in [0.15, 0.2) is 64.6 Å². The summed E-state index contributed by atoms with van der Waals surface area (Å²) >= 11 is 11.9. The van der Waals surface area contributed by atoms with Crippen molar-refractivity contribution in [2.75, 3.05) is 4.90 Å². The molecule has 1 N–H and O–H groups in total. The minimum absolute atomic E-state index is 0.143. The molecule has 178 valence electrons. The summed E-state index contributed by atoms with van der Waals surface area (Å²) in [5, 5.41) is 2.87. The number of imide groups is 2. The van der Waals surface area contributed by atoms with E-state index in [0.29, 0.717) is 26.5 Å². The van der Waals surface area contributed by atoms with E-state index in [4.69, 9.17) is 16.3 Å². The zero-order valence-electron chi connectivity index (χ0n) is 18.7. The second-order valence-corrected chi connectivity index (χ2v) is 10.3. The molecule has 0 radical (unpaired) electrons. The van der Waals surface area contributed by atoms with E-state index in [1.165, 1.54) is 6.08 Å². The van der Waals surface area contributed by atoms with Crippen molar-refractivity contribution in [1.29, 1.82) is 0 Å². The zero-order valence-corrected chi connectivity index (χ0v) is 23.2. The summed E-state index contributed by atoms with van der Waals surface area (Å²) in [6, 6.07) is 15.4. The lowest BCUT2D eigenvalue weighted by Crippen LogP contribution is -2.54. The normalized spacial score (nSPS) is 14.9. The predicted octanol–water partition coefficient (Wildman–Crippen LogP) is 6.57. The highest BCUT2D eigenvalue weighted by atomic mass is 127. The number of anilines is 1. The smallest absolute Gasteiger partial charge is 0.335 e. The third-order valence-electron chi connectivity index (χ3n) is 5.51. The number of carbonyl (C=O) groups is 3. The third-order valence-corrected chi connectivity index (χ3v) is 7.27. The van der Waals surface area contributed by atoms with Gasteiger partial charge in [0.1, 0.15) is 17.9 Å². The van der Waals surface area contributed by atoms with E-state index in [1.807, 2.05) is 38.1 Å². The number of amides is 4. The maximum atomic E-state index is 13.2. The number of urea groups is 1. The van der Waals surface area contributed by atoms with Gasteiger partial charge in [-0.05, 0) is 105 Å². The molecule has 1 aliphatic heterocycles. The van der Waals surface area contributed by atoms with Crippen LogP contribution in [-0.2, 0) is 16.2 Å². The predicted molar refractivity (Wildman–Crippen MR) is 148 cm³/mol. The fraction of sp³-hybridized carbons (Fsp3) is 0.115. The fourth-order valence-corrected chi connectivity index (χ4v) is 5.45. The zero-order chi connectivity index (χ0) is 25.3. The molecule has 0 aromatic heterocycles. The van der Waals surface area contributed by atoms with E-state index < -0.39 is 17.8 Å². The number of nitrogens with zero attached hydrogens (tertiary/aromatic N) is 1. The molecule has 1 fully saturated rings. The number of ether oxygens (including phenoxy) is 1. The Bertz CT molecular complexity index is 1380. The van der Waals surface area contributed by atoms with Gasteiger partial charge in [0, 0.05) is 10.6 Å². The van der Waals surface area contributed by atoms with Crippen LogP contribution in [0.1, 0.15) is 22.3 Å². The first-order chi connectivity index (χ1) is 16.7. The number of hydrogen-bond donors (Lipinski definition) is 1. The van der Waals surface area contributed by atoms with Crippen molar-refractivity contribution in [3.05, 3.63) is 95.5 Å². The molecule has 6 nitrogen and oxygen atoms in total. The fourth-order valence-electron chi connectivity index (χ4n) is 3.49. The van der Waals surface area contributed by atoms with Gasteiger partial charge in [-0.3, -0.25) is 14.9 Å². The van der Waals surface area contributed by atoms with E-state index >= 15 is 0 Å². The number of halogens is 3. The van der Waals surface area contributed by atoms with Crippen molar-refractivity contribution >= 4 is 79.7 Å². The van der Waals surface area contributed by atoms with Crippen LogP contribution < -0.4 is 15.0 Å². The monoisotopic (exact) mass is 664 g/mol. The van der Waals surface area contributed by atoms with E-state index in [2.05, 4.69) is 43.8 Å². The minimum Gasteiger partial charge on any atom is -0.487 e. The van der Waals surface area contributed by atoms with Gasteiger partial charge >= 0.3 is 6.03 Å². The molecule has 0 aliphatic carbocycles. The largest absolute Gasteiger partial charge is 0.487 e. The maximum absolute atomic E-state index is 13.2. The summed E-state index contributed by atoms with van der Waals surface area (Å²) in [4.78, 5) is 39.2. The van der Waals surface area contributed by atoms with Gasteiger partial charge in [-0.2, -0.15) is 0 Å². The first kappa shape index (κ1) is 25.4. The van der Waals surface area contributed by atoms with Gasteiger partial charge in [0.2, 0.25) is 0 Å². The molecule has 4 amide bonds. The molecule has 0 bridgehead atoms. The maximum Gasteiger partial charge on any atom is 0.335 e. The van der Waals surface area contributed by atoms with Gasteiger partial charge in [0.05, 0.1) is 13.7 Å². The molecule has 1 aliphatic rings. The minimum atomic E-state index is -0.778. The molecule has 0 spiro atoms. The van der Waals surface area contributed by atoms with Crippen LogP contribution in [0, 0.1) is 17.4 Å². The van der Waals surface area contributed by atoms with Gasteiger partial charge in [0.25, 0.3) is 11.8 Å². The molecular weight excluding hydrogens is 647 g/mol. The topological polar surface area (TPSA) is 75.7 Å². The quantitative estimate of drug-likeness (QED) is 0.190. The van der Waals surface area contributed by atoms with E-state index in [1.54, 1.807) is 30.3 Å². The molecule has 35 heavy (non-hydrogen) atoms. The number of barbiturate groups is 1. The van der Waals surface area contributed by atoms with Gasteiger partial charge in [0.15, 0.2) is 0 Å². The third kappa shape index (κ3) is 5.44. The van der Waals surface area contributed by atoms with Crippen molar-refractivity contribution in [2.24, 2.45) is 0 Å². The Morgan fingerprint density at radius 1 is 1.06 bits per heavy atom. The lowest BCUT2D eigenvalue weighted by Gasteiger charge is -2.27. The number of carbonyl (C=O) groups excluding carboxylic acids is 3. The summed E-state index contributed by atoms with van der Waals surface area (Å²) in [5.41, 5.74) is 3.66. The van der Waals surface area contributed by atoms with E-state index in [0.717, 1.165) is 25.2 Å². The van der Waals surface area contributed by atoms with Crippen molar-refractivity contribution in [2.45, 2.75) is 20.5 Å². The van der Waals surface area contributed by atoms with Crippen LogP contribution in [0.25, 0.3) is 6.08 Å². The summed E-state index contributed by atoms with van der Waals surface area (Å²) in [7, 11) is 0. The summed E-state index contributed by atoms with van der Waals surface area (Å²) in [5.74, 6) is -0.823. The number of benzene rings is 3. The van der Waals surface area contributed by atoms with Crippen molar-refractivity contribution in [1.82, 2.24) is 5.32 Å². The molecule has 1 saturated heterocycles. The molecule has 0 saturated carbocycles. The summed E-state index contributed by atoms with van der Waals surface area (Å²) in [6.07, 6.45) is 1.46. The van der Waals surface area contributed by atoms with E-state index in [9.17, 15) is 14.4 Å². The molecule has 4 rings (SSSR count). The SMILES string of the molecule is Cc1ccc(N2C(=O)NC(=O)/C(=C\c3cc(Br)c(OCc4ccccc4Cl)c(I)c3)C2=O)cc1C. The van der Waals surface area contributed by atoms with Gasteiger partial charge < -0.3 is 4.74 Å². The number of nitrogens with one attached hydrogen (secondary N) is 1. The highest BCUT2D eigenvalue weighted by Crippen LogP contribution is 2.34. The first-order valence-electron chi connectivity index (χ1n) is 10.5. The molecule has 1 heterocycles. The Kier molecular flexibility index (Phi) is 7.63. The molecule has 3 aromatic rings. The molecule has 0 atom stereocenters. The first-order valence-corrected chi connectivity index (χ1v) is 12.7. The Hall–Kier alpha value is -2.69. The number of aryl methyl sites for hydroxylation is 2.